The molecule has 0 N–H and O–H groups in total. The molecule has 0 spiro atoms. The molecule has 8 heteroatoms. The first kappa shape index (κ1) is 14.6. The van der Waals surface area contributed by atoms with Gasteiger partial charge in [0.25, 0.3) is 0 Å². The monoisotopic (exact) mass is 190 g/mol. The molecule has 0 aliphatic heterocycles. The Hall–Kier alpha value is 0.107. The molecule has 12 heavy (non-hydrogen) atoms. The third-order valence-electron chi connectivity index (χ3n) is 0.815. The molecule has 0 nitrogen and oxygen atoms in total. The van der Waals surface area contributed by atoms with E-state index in [1.165, 1.54) is 6.92 Å². The second-order valence-electron chi connectivity index (χ2n) is 1.78. The number of hydrogen-bond acceptors (Lipinski definition) is 0. The Bertz CT molecular complexity index is 126. The molecule has 0 aliphatic rings. The van der Waals surface area contributed by atoms with Gasteiger partial charge >= 0.3 is 31.0 Å². The summed E-state index contributed by atoms with van der Waals surface area (Å²) in [4.78, 5) is 0. The smallest absolute Gasteiger partial charge is 0.268 e. The van der Waals surface area contributed by atoms with Crippen LogP contribution in [0.15, 0.2) is 0 Å². The van der Waals surface area contributed by atoms with Crippen LogP contribution in [0.3, 0.4) is 0 Å². The van der Waals surface area contributed by atoms with E-state index in [0.717, 1.165) is 0 Å². The fraction of sp³-hybridized carbons (Fsp3) is 0.750. The summed E-state index contributed by atoms with van der Waals surface area (Å²) < 4.78 is 79.0. The number of halogens is 7. The van der Waals surface area contributed by atoms with Gasteiger partial charge in [0, 0.05) is 0 Å². The van der Waals surface area contributed by atoms with Gasteiger partial charge in [0.05, 0.1) is 0 Å². The maximum atomic E-state index is 11.5. The third kappa shape index (κ3) is 2.56. The van der Waals surface area contributed by atoms with Gasteiger partial charge in [-0.25, -0.2) is 8.78 Å². The number of alkyl halides is 7. The molecule has 0 bridgehead atoms. The molecule has 0 saturated carbocycles. The van der Waals surface area contributed by atoms with Crippen LogP contribution in [0.1, 0.15) is 0 Å². The summed E-state index contributed by atoms with van der Waals surface area (Å²) in [5.41, 5.74) is 0. The van der Waals surface area contributed by atoms with Crippen LogP contribution in [0.25, 0.3) is 0 Å². The van der Waals surface area contributed by atoms with Crippen molar-refractivity contribution in [1.29, 1.82) is 0 Å². The van der Waals surface area contributed by atoms with E-state index < -0.39 is 18.0 Å². The van der Waals surface area contributed by atoms with Gasteiger partial charge in [-0.3, -0.25) is 6.92 Å². The first-order chi connectivity index (χ1) is 4.50. The zero-order valence-electron chi connectivity index (χ0n) is 5.85. The van der Waals surface area contributed by atoms with Crippen molar-refractivity contribution in [2.45, 2.75) is 18.0 Å². The van der Waals surface area contributed by atoms with E-state index >= 15 is 0 Å². The molecule has 0 atom stereocenters. The Morgan fingerprint density at radius 2 is 1.00 bits per heavy atom. The van der Waals surface area contributed by atoms with Crippen LogP contribution < -0.4 is 18.9 Å². The van der Waals surface area contributed by atoms with E-state index in [9.17, 15) is 30.7 Å². The van der Waals surface area contributed by atoms with Crippen molar-refractivity contribution < 1.29 is 49.6 Å². The van der Waals surface area contributed by atoms with E-state index in [4.69, 9.17) is 0 Å². The van der Waals surface area contributed by atoms with Crippen molar-refractivity contribution in [3.8, 4) is 0 Å². The summed E-state index contributed by atoms with van der Waals surface area (Å²) in [6.45, 7) is 1.41. The molecule has 68 valence electrons. The van der Waals surface area contributed by atoms with Gasteiger partial charge < -0.3 is 0 Å². The van der Waals surface area contributed by atoms with Crippen LogP contribution in [0.5, 0.6) is 0 Å². The molecule has 0 aliphatic carbocycles. The fourth-order valence-electron chi connectivity index (χ4n) is 0.207. The SMILES string of the molecule is [CH2-]C(F)(F)C(F)(F)C(F)(F)F.[Li+]. The normalized spacial score (nSPS) is 14.0. The Balaban J connectivity index is 0. The van der Waals surface area contributed by atoms with Gasteiger partial charge in [-0.1, -0.05) is 0 Å². The Labute approximate surface area is 75.3 Å². The van der Waals surface area contributed by atoms with E-state index in [1.807, 2.05) is 0 Å². The summed E-state index contributed by atoms with van der Waals surface area (Å²) >= 11 is 0. The molecular weight excluding hydrogens is 188 g/mol. The summed E-state index contributed by atoms with van der Waals surface area (Å²) in [6.07, 6.45) is -6.27. The third-order valence-corrected chi connectivity index (χ3v) is 0.815. The Morgan fingerprint density at radius 1 is 0.750 bits per heavy atom. The van der Waals surface area contributed by atoms with Crippen LogP contribution in [-0.2, 0) is 0 Å². The van der Waals surface area contributed by atoms with E-state index in [2.05, 4.69) is 0 Å². The molecular formula is C4H2F7Li. The minimum Gasteiger partial charge on any atom is -0.268 e. The molecule has 0 rings (SSSR count). The zero-order valence-corrected chi connectivity index (χ0v) is 5.85. The van der Waals surface area contributed by atoms with E-state index in [-0.39, 0.29) is 18.9 Å². The van der Waals surface area contributed by atoms with Crippen molar-refractivity contribution in [2.24, 2.45) is 0 Å². The second-order valence-corrected chi connectivity index (χ2v) is 1.78. The average Bonchev–Trinajstić information content (AvgIpc) is 1.58. The first-order valence-corrected chi connectivity index (χ1v) is 2.18. The summed E-state index contributed by atoms with van der Waals surface area (Å²) in [6, 6.07) is 0. The molecule has 0 heterocycles. The number of hydrogen-bond donors (Lipinski definition) is 0. The van der Waals surface area contributed by atoms with Crippen LogP contribution in [0.2, 0.25) is 0 Å². The van der Waals surface area contributed by atoms with Crippen molar-refractivity contribution in [2.75, 3.05) is 0 Å². The predicted octanol–water partition coefficient (Wildman–Crippen LogP) is -0.343. The van der Waals surface area contributed by atoms with Crippen LogP contribution in [-0.4, -0.2) is 18.0 Å². The molecule has 0 amide bonds. The largest absolute Gasteiger partial charge is 1.00 e. The topological polar surface area (TPSA) is 0 Å². The Morgan fingerprint density at radius 3 is 1.00 bits per heavy atom. The van der Waals surface area contributed by atoms with Crippen LogP contribution in [0.4, 0.5) is 30.7 Å². The van der Waals surface area contributed by atoms with Gasteiger partial charge in [-0.15, -0.1) is 0 Å². The molecule has 0 aromatic carbocycles. The summed E-state index contributed by atoms with van der Waals surface area (Å²) in [5, 5.41) is 0. The fourth-order valence-corrected chi connectivity index (χ4v) is 0.207. The Kier molecular flexibility index (Phi) is 4.22. The van der Waals surface area contributed by atoms with Crippen molar-refractivity contribution >= 4 is 0 Å². The molecule has 0 aromatic rings. The summed E-state index contributed by atoms with van der Waals surface area (Å²) in [7, 11) is 0. The van der Waals surface area contributed by atoms with Gasteiger partial charge in [0.2, 0.25) is 5.92 Å². The first-order valence-electron chi connectivity index (χ1n) is 2.18. The van der Waals surface area contributed by atoms with E-state index in [0.29, 0.717) is 0 Å². The number of rotatable bonds is 1. The van der Waals surface area contributed by atoms with Crippen molar-refractivity contribution in [3.05, 3.63) is 6.92 Å². The predicted molar refractivity (Wildman–Crippen MR) is 21.3 cm³/mol. The van der Waals surface area contributed by atoms with Gasteiger partial charge in [-0.2, -0.15) is 22.0 Å². The quantitative estimate of drug-likeness (QED) is 0.301. The molecule has 0 fully saturated rings. The second kappa shape index (κ2) is 3.46. The average molecular weight is 190 g/mol. The van der Waals surface area contributed by atoms with Crippen molar-refractivity contribution in [3.63, 3.8) is 0 Å². The molecule has 0 aromatic heterocycles. The van der Waals surface area contributed by atoms with E-state index in [1.54, 1.807) is 0 Å². The minimum atomic E-state index is -6.27. The molecule has 0 unspecified atom stereocenters. The molecule has 0 saturated heterocycles. The van der Waals surface area contributed by atoms with Crippen LogP contribution >= 0.6 is 0 Å². The minimum absolute atomic E-state index is 0. The standard InChI is InChI=1S/C4H2F7.Li/c1-2(5,6)3(7,8)4(9,10)11;/h1H2;/q-1;+1. The van der Waals surface area contributed by atoms with Gasteiger partial charge in [-0.05, 0) is 0 Å². The zero-order chi connectivity index (χ0) is 9.50. The maximum absolute atomic E-state index is 11.5. The van der Waals surface area contributed by atoms with Crippen molar-refractivity contribution in [1.82, 2.24) is 0 Å². The maximum Gasteiger partial charge on any atom is 1.00 e. The van der Waals surface area contributed by atoms with Gasteiger partial charge in [0.1, 0.15) is 0 Å². The van der Waals surface area contributed by atoms with Crippen LogP contribution in [0, 0.1) is 6.92 Å². The molecule has 0 radical (unpaired) electrons. The van der Waals surface area contributed by atoms with Gasteiger partial charge in [0.15, 0.2) is 0 Å². The summed E-state index contributed by atoms with van der Waals surface area (Å²) in [5.74, 6) is -11.4.